The largest absolute Gasteiger partial charge is 0.511 e. The lowest BCUT2D eigenvalue weighted by Crippen LogP contribution is -2.02. The Morgan fingerprint density at radius 3 is 2.77 bits per heavy atom. The molecule has 68 valence electrons. The number of ether oxygens (including phenoxy) is 1. The minimum Gasteiger partial charge on any atom is -0.449 e. The zero-order chi connectivity index (χ0) is 9.84. The first-order valence-electron chi connectivity index (χ1n) is 3.25. The Hall–Kier alpha value is -2.11. The number of non-ortho nitro benzene ring substituents is 1. The molecule has 6 heteroatoms. The number of carbonyl (C=O) groups is 1. The highest BCUT2D eigenvalue weighted by Crippen LogP contribution is 2.18. The van der Waals surface area contributed by atoms with Gasteiger partial charge >= 0.3 is 6.16 Å². The molecule has 1 aromatic carbocycles. The van der Waals surface area contributed by atoms with Gasteiger partial charge in [0, 0.05) is 6.07 Å². The number of nitrogens with zero attached hydrogens (tertiary/aromatic N) is 1. The molecule has 0 heterocycles. The van der Waals surface area contributed by atoms with E-state index in [-0.39, 0.29) is 11.4 Å². The number of nitro groups is 1. The summed E-state index contributed by atoms with van der Waals surface area (Å²) in [5.74, 6) is -0.0679. The molecule has 0 radical (unpaired) electrons. The molecule has 0 aromatic heterocycles. The first kappa shape index (κ1) is 8.98. The number of carboxylic acid groups (broad SMARTS) is 1. The van der Waals surface area contributed by atoms with Crippen molar-refractivity contribution in [1.29, 1.82) is 0 Å². The zero-order valence-corrected chi connectivity index (χ0v) is 6.34. The molecule has 13 heavy (non-hydrogen) atoms. The third kappa shape index (κ3) is 2.44. The topological polar surface area (TPSA) is 89.7 Å². The first-order chi connectivity index (χ1) is 6.09. The number of nitro benzene ring substituents is 1. The Bertz CT molecular complexity index is 348. The van der Waals surface area contributed by atoms with Crippen molar-refractivity contribution >= 4 is 11.8 Å². The van der Waals surface area contributed by atoms with E-state index in [0.29, 0.717) is 0 Å². The molecule has 0 spiro atoms. The standard InChI is InChI=1S/C7H5NO5/c9-7(10)13-6-3-1-2-5(4-6)8(11)12/h1-4H,(H,9,10). The smallest absolute Gasteiger partial charge is 0.449 e. The molecule has 0 saturated carbocycles. The summed E-state index contributed by atoms with van der Waals surface area (Å²) < 4.78 is 4.22. The van der Waals surface area contributed by atoms with Crippen molar-refractivity contribution in [3.8, 4) is 5.75 Å². The van der Waals surface area contributed by atoms with E-state index in [1.165, 1.54) is 18.2 Å². The molecule has 0 amide bonds. The highest BCUT2D eigenvalue weighted by molar-refractivity contribution is 5.61. The molecule has 0 saturated heterocycles. The Morgan fingerprint density at radius 1 is 1.54 bits per heavy atom. The van der Waals surface area contributed by atoms with Crippen LogP contribution in [0.4, 0.5) is 10.5 Å². The summed E-state index contributed by atoms with van der Waals surface area (Å²) >= 11 is 0. The number of hydrogen-bond acceptors (Lipinski definition) is 4. The minimum atomic E-state index is -1.50. The number of benzene rings is 1. The molecule has 0 aliphatic carbocycles. The van der Waals surface area contributed by atoms with Gasteiger partial charge < -0.3 is 9.84 Å². The second-order valence-corrected chi connectivity index (χ2v) is 2.12. The predicted octanol–water partition coefficient (Wildman–Crippen LogP) is 1.65. The molecule has 6 nitrogen and oxygen atoms in total. The SMILES string of the molecule is O=C(O)Oc1cccc([N+](=O)[O-])c1. The third-order valence-corrected chi connectivity index (χ3v) is 1.23. The van der Waals surface area contributed by atoms with Gasteiger partial charge in [0.25, 0.3) is 5.69 Å². The Morgan fingerprint density at radius 2 is 2.23 bits per heavy atom. The van der Waals surface area contributed by atoms with Crippen LogP contribution >= 0.6 is 0 Å². The monoisotopic (exact) mass is 183 g/mol. The molecule has 1 aromatic rings. The van der Waals surface area contributed by atoms with Gasteiger partial charge in [0.1, 0.15) is 5.75 Å². The molecule has 1 rings (SSSR count). The van der Waals surface area contributed by atoms with E-state index in [9.17, 15) is 14.9 Å². The van der Waals surface area contributed by atoms with Crippen molar-refractivity contribution in [2.45, 2.75) is 0 Å². The molecular weight excluding hydrogens is 178 g/mol. The normalized spacial score (nSPS) is 9.23. The maximum absolute atomic E-state index is 10.2. The van der Waals surface area contributed by atoms with Gasteiger partial charge in [-0.2, -0.15) is 0 Å². The number of rotatable bonds is 2. The van der Waals surface area contributed by atoms with Gasteiger partial charge in [0.15, 0.2) is 0 Å². The highest BCUT2D eigenvalue weighted by Gasteiger charge is 2.07. The Labute approximate surface area is 72.5 Å². The van der Waals surface area contributed by atoms with Crippen LogP contribution in [0.5, 0.6) is 5.75 Å². The summed E-state index contributed by atoms with van der Waals surface area (Å²) in [6, 6.07) is 4.94. The van der Waals surface area contributed by atoms with E-state index in [0.717, 1.165) is 6.07 Å². The van der Waals surface area contributed by atoms with Crippen LogP contribution in [-0.4, -0.2) is 16.2 Å². The minimum absolute atomic E-state index is 0.0679. The van der Waals surface area contributed by atoms with Crippen LogP contribution in [0.25, 0.3) is 0 Å². The molecule has 1 N–H and O–H groups in total. The fourth-order valence-corrected chi connectivity index (χ4v) is 0.761. The molecule has 0 unspecified atom stereocenters. The lowest BCUT2D eigenvalue weighted by Gasteiger charge is -1.97. The zero-order valence-electron chi connectivity index (χ0n) is 6.34. The summed E-state index contributed by atoms with van der Waals surface area (Å²) in [6.45, 7) is 0. The van der Waals surface area contributed by atoms with Crippen molar-refractivity contribution in [2.24, 2.45) is 0 Å². The van der Waals surface area contributed by atoms with E-state index in [1.54, 1.807) is 0 Å². The van der Waals surface area contributed by atoms with Crippen LogP contribution in [0.2, 0.25) is 0 Å². The van der Waals surface area contributed by atoms with Crippen molar-refractivity contribution in [3.63, 3.8) is 0 Å². The maximum Gasteiger partial charge on any atom is 0.511 e. The third-order valence-electron chi connectivity index (χ3n) is 1.23. The average molecular weight is 183 g/mol. The van der Waals surface area contributed by atoms with Gasteiger partial charge in [0.2, 0.25) is 0 Å². The summed E-state index contributed by atoms with van der Waals surface area (Å²) in [7, 11) is 0. The van der Waals surface area contributed by atoms with Crippen LogP contribution in [0.15, 0.2) is 24.3 Å². The van der Waals surface area contributed by atoms with Crippen LogP contribution in [-0.2, 0) is 0 Å². The summed E-state index contributed by atoms with van der Waals surface area (Å²) in [4.78, 5) is 19.7. The Balaban J connectivity index is 2.91. The fourth-order valence-electron chi connectivity index (χ4n) is 0.761. The predicted molar refractivity (Wildman–Crippen MR) is 41.7 cm³/mol. The van der Waals surface area contributed by atoms with Crippen LogP contribution < -0.4 is 4.74 Å². The van der Waals surface area contributed by atoms with Crippen LogP contribution in [0.3, 0.4) is 0 Å². The molecule has 0 bridgehead atoms. The highest BCUT2D eigenvalue weighted by atomic mass is 16.7. The van der Waals surface area contributed by atoms with Crippen LogP contribution in [0, 0.1) is 10.1 Å². The van der Waals surface area contributed by atoms with Crippen molar-refractivity contribution < 1.29 is 19.6 Å². The molecular formula is C7H5NO5. The quantitative estimate of drug-likeness (QED) is 0.326. The van der Waals surface area contributed by atoms with E-state index in [4.69, 9.17) is 5.11 Å². The molecule has 0 atom stereocenters. The van der Waals surface area contributed by atoms with E-state index in [2.05, 4.69) is 4.74 Å². The lowest BCUT2D eigenvalue weighted by atomic mass is 10.3. The van der Waals surface area contributed by atoms with Crippen LogP contribution in [0.1, 0.15) is 0 Å². The number of hydrogen-bond donors (Lipinski definition) is 1. The average Bonchev–Trinajstić information content (AvgIpc) is 2.03. The van der Waals surface area contributed by atoms with Crippen molar-refractivity contribution in [2.75, 3.05) is 0 Å². The van der Waals surface area contributed by atoms with Crippen molar-refractivity contribution in [1.82, 2.24) is 0 Å². The van der Waals surface area contributed by atoms with E-state index in [1.807, 2.05) is 0 Å². The summed E-state index contributed by atoms with van der Waals surface area (Å²) in [5, 5.41) is 18.4. The van der Waals surface area contributed by atoms with Crippen molar-refractivity contribution in [3.05, 3.63) is 34.4 Å². The molecule has 0 aliphatic heterocycles. The van der Waals surface area contributed by atoms with Gasteiger partial charge in [-0.25, -0.2) is 4.79 Å². The first-order valence-corrected chi connectivity index (χ1v) is 3.25. The maximum atomic E-state index is 10.2. The molecule has 0 aliphatic rings. The summed E-state index contributed by atoms with van der Waals surface area (Å²) in [5.41, 5.74) is -0.209. The van der Waals surface area contributed by atoms with Gasteiger partial charge in [-0.05, 0) is 6.07 Å². The second-order valence-electron chi connectivity index (χ2n) is 2.12. The van der Waals surface area contributed by atoms with Gasteiger partial charge in [0.05, 0.1) is 11.0 Å². The van der Waals surface area contributed by atoms with E-state index < -0.39 is 11.1 Å². The molecule has 0 fully saturated rings. The summed E-state index contributed by atoms with van der Waals surface area (Å²) in [6.07, 6.45) is -1.50. The van der Waals surface area contributed by atoms with Gasteiger partial charge in [-0.15, -0.1) is 0 Å². The Kier molecular flexibility index (Phi) is 2.44. The van der Waals surface area contributed by atoms with Gasteiger partial charge in [-0.1, -0.05) is 6.07 Å². The van der Waals surface area contributed by atoms with Gasteiger partial charge in [-0.3, -0.25) is 10.1 Å². The second kappa shape index (κ2) is 3.53. The van der Waals surface area contributed by atoms with E-state index >= 15 is 0 Å². The lowest BCUT2D eigenvalue weighted by molar-refractivity contribution is -0.384. The fraction of sp³-hybridized carbons (Fsp3) is 0.